The van der Waals surface area contributed by atoms with Gasteiger partial charge in [-0.3, -0.25) is 9.89 Å². The molecule has 7 heteroatoms. The molecule has 2 N–H and O–H groups in total. The number of fused-ring (bicyclic) bond motifs is 1. The van der Waals surface area contributed by atoms with Crippen molar-refractivity contribution in [1.82, 2.24) is 20.4 Å². The van der Waals surface area contributed by atoms with Gasteiger partial charge in [0.1, 0.15) is 17.2 Å². The van der Waals surface area contributed by atoms with E-state index in [4.69, 9.17) is 4.74 Å². The van der Waals surface area contributed by atoms with Crippen molar-refractivity contribution in [3.8, 4) is 28.9 Å². The number of aromatic nitrogens is 2. The van der Waals surface area contributed by atoms with Crippen molar-refractivity contribution in [1.29, 1.82) is 5.26 Å². The number of H-pyrrole nitrogens is 1. The Labute approximate surface area is 174 Å². The van der Waals surface area contributed by atoms with E-state index in [1.165, 1.54) is 0 Å². The molecule has 2 aliphatic rings. The SMILES string of the molecule is CC1C2C(NC(=O)c3cc(-c4ccccc4Oc4ccccc4)n[nH]3)CN(C#N)C12. The van der Waals surface area contributed by atoms with Crippen molar-refractivity contribution >= 4 is 5.91 Å². The minimum atomic E-state index is -0.210. The van der Waals surface area contributed by atoms with Crippen LogP contribution in [0.2, 0.25) is 0 Å². The lowest BCUT2D eigenvalue weighted by molar-refractivity contribution is 0.0926. The van der Waals surface area contributed by atoms with Crippen LogP contribution in [0.25, 0.3) is 11.3 Å². The number of nitrogens with one attached hydrogen (secondary N) is 2. The standard InChI is InChI=1S/C23H21N5O2/c1-14-21-19(12-28(13-24)22(14)21)25-23(29)18-11-17(26-27-18)16-9-5-6-10-20(16)30-15-7-3-2-4-8-15/h2-11,14,19,21-22H,12H2,1H3,(H,25,29)(H,26,27). The topological polar surface area (TPSA) is 94.0 Å². The predicted molar refractivity (Wildman–Crippen MR) is 111 cm³/mol. The molecule has 5 rings (SSSR count). The molecule has 1 aliphatic carbocycles. The normalized spacial score (nSPS) is 24.1. The average molecular weight is 399 g/mol. The van der Waals surface area contributed by atoms with Crippen LogP contribution >= 0.6 is 0 Å². The van der Waals surface area contributed by atoms with Gasteiger partial charge < -0.3 is 15.0 Å². The first-order valence-corrected chi connectivity index (χ1v) is 10.0. The quantitative estimate of drug-likeness (QED) is 0.642. The summed E-state index contributed by atoms with van der Waals surface area (Å²) < 4.78 is 6.01. The van der Waals surface area contributed by atoms with E-state index in [0.717, 1.165) is 11.3 Å². The van der Waals surface area contributed by atoms with Crippen LogP contribution < -0.4 is 10.1 Å². The van der Waals surface area contributed by atoms with E-state index in [1.807, 2.05) is 54.6 Å². The Bertz CT molecular complexity index is 1120. The second kappa shape index (κ2) is 7.23. The molecule has 2 fully saturated rings. The van der Waals surface area contributed by atoms with Crippen LogP contribution in [0.5, 0.6) is 11.5 Å². The number of piperidine rings is 1. The maximum absolute atomic E-state index is 12.8. The average Bonchev–Trinajstić information content (AvgIpc) is 3.11. The zero-order chi connectivity index (χ0) is 20.7. The van der Waals surface area contributed by atoms with Gasteiger partial charge in [0, 0.05) is 24.1 Å². The van der Waals surface area contributed by atoms with Crippen LogP contribution in [0.15, 0.2) is 60.7 Å². The maximum Gasteiger partial charge on any atom is 0.269 e. The molecular formula is C23H21N5O2. The largest absolute Gasteiger partial charge is 0.457 e. The number of rotatable bonds is 5. The number of carbonyl (C=O) groups excluding carboxylic acids is 1. The first-order chi connectivity index (χ1) is 14.7. The monoisotopic (exact) mass is 399 g/mol. The third-order valence-corrected chi connectivity index (χ3v) is 6.02. The molecule has 3 aromatic rings. The highest BCUT2D eigenvalue weighted by atomic mass is 16.5. The third-order valence-electron chi connectivity index (χ3n) is 6.02. The van der Waals surface area contributed by atoms with Crippen molar-refractivity contribution in [3.63, 3.8) is 0 Å². The van der Waals surface area contributed by atoms with Crippen molar-refractivity contribution < 1.29 is 9.53 Å². The zero-order valence-corrected chi connectivity index (χ0v) is 16.4. The molecule has 1 saturated heterocycles. The van der Waals surface area contributed by atoms with E-state index >= 15 is 0 Å². The first-order valence-electron chi connectivity index (χ1n) is 10.0. The summed E-state index contributed by atoms with van der Waals surface area (Å²) in [7, 11) is 0. The van der Waals surface area contributed by atoms with Gasteiger partial charge in [-0.2, -0.15) is 10.4 Å². The number of para-hydroxylation sites is 2. The Kier molecular flexibility index (Phi) is 4.40. The molecule has 0 radical (unpaired) electrons. The van der Waals surface area contributed by atoms with Gasteiger partial charge in [0.25, 0.3) is 5.91 Å². The first kappa shape index (κ1) is 18.3. The number of aromatic amines is 1. The van der Waals surface area contributed by atoms with Gasteiger partial charge in [-0.15, -0.1) is 0 Å². The van der Waals surface area contributed by atoms with E-state index in [0.29, 0.717) is 35.5 Å². The highest BCUT2D eigenvalue weighted by molar-refractivity contribution is 5.93. The van der Waals surface area contributed by atoms with Crippen LogP contribution in [-0.2, 0) is 0 Å². The Balaban J connectivity index is 1.33. The minimum absolute atomic E-state index is 0.0161. The number of carbonyl (C=O) groups is 1. The number of ether oxygens (including phenoxy) is 1. The number of nitrogens with zero attached hydrogens (tertiary/aromatic N) is 3. The van der Waals surface area contributed by atoms with Gasteiger partial charge in [-0.05, 0) is 36.2 Å². The molecule has 30 heavy (non-hydrogen) atoms. The van der Waals surface area contributed by atoms with Gasteiger partial charge in [-0.1, -0.05) is 37.3 Å². The summed E-state index contributed by atoms with van der Waals surface area (Å²) in [5, 5.41) is 19.5. The van der Waals surface area contributed by atoms with Crippen LogP contribution in [0.4, 0.5) is 0 Å². The zero-order valence-electron chi connectivity index (χ0n) is 16.4. The molecule has 0 bridgehead atoms. The summed E-state index contributed by atoms with van der Waals surface area (Å²) in [4.78, 5) is 14.5. The number of benzene rings is 2. The molecule has 1 saturated carbocycles. The van der Waals surface area contributed by atoms with E-state index in [9.17, 15) is 10.1 Å². The lowest BCUT2D eigenvalue weighted by atomic mass is 10.1. The second-order valence-electron chi connectivity index (χ2n) is 7.84. The summed E-state index contributed by atoms with van der Waals surface area (Å²) >= 11 is 0. The van der Waals surface area contributed by atoms with Crippen LogP contribution in [0, 0.1) is 23.3 Å². The second-order valence-corrected chi connectivity index (χ2v) is 7.84. The van der Waals surface area contributed by atoms with Gasteiger partial charge in [0.2, 0.25) is 0 Å². The molecular weight excluding hydrogens is 378 g/mol. The molecule has 7 nitrogen and oxygen atoms in total. The Hall–Kier alpha value is -3.79. The minimum Gasteiger partial charge on any atom is -0.457 e. The highest BCUT2D eigenvalue weighted by Gasteiger charge is 2.60. The van der Waals surface area contributed by atoms with Gasteiger partial charge in [0.05, 0.1) is 11.7 Å². The Morgan fingerprint density at radius 3 is 2.77 bits per heavy atom. The molecule has 4 atom stereocenters. The number of likely N-dealkylation sites (tertiary alicyclic amines) is 1. The fourth-order valence-corrected chi connectivity index (χ4v) is 4.48. The van der Waals surface area contributed by atoms with Crippen LogP contribution in [-0.4, -0.2) is 39.6 Å². The summed E-state index contributed by atoms with van der Waals surface area (Å²) in [5.41, 5.74) is 1.82. The van der Waals surface area contributed by atoms with Gasteiger partial charge >= 0.3 is 0 Å². The lowest BCUT2D eigenvalue weighted by Crippen LogP contribution is -2.40. The Morgan fingerprint density at radius 2 is 2.00 bits per heavy atom. The maximum atomic E-state index is 12.8. The van der Waals surface area contributed by atoms with E-state index in [1.54, 1.807) is 11.0 Å². The van der Waals surface area contributed by atoms with E-state index < -0.39 is 0 Å². The number of hydrogen-bond acceptors (Lipinski definition) is 5. The van der Waals surface area contributed by atoms with Crippen LogP contribution in [0.1, 0.15) is 17.4 Å². The number of hydrogen-bond donors (Lipinski definition) is 2. The predicted octanol–water partition coefficient (Wildman–Crippen LogP) is 3.40. The third kappa shape index (κ3) is 3.16. The fourth-order valence-electron chi connectivity index (χ4n) is 4.48. The number of amides is 1. The molecule has 150 valence electrons. The molecule has 0 spiro atoms. The summed E-state index contributed by atoms with van der Waals surface area (Å²) in [6.07, 6.45) is 2.23. The lowest BCUT2D eigenvalue weighted by Gasteiger charge is -2.17. The van der Waals surface area contributed by atoms with Crippen molar-refractivity contribution in [2.45, 2.75) is 19.0 Å². The Morgan fingerprint density at radius 1 is 1.23 bits per heavy atom. The number of nitriles is 1. The van der Waals surface area contributed by atoms with Crippen LogP contribution in [0.3, 0.4) is 0 Å². The van der Waals surface area contributed by atoms with Crippen molar-refractivity contribution in [2.75, 3.05) is 6.54 Å². The summed E-state index contributed by atoms with van der Waals surface area (Å²) in [6, 6.07) is 19.1. The fraction of sp³-hybridized carbons (Fsp3) is 0.261. The molecule has 4 unspecified atom stereocenters. The summed E-state index contributed by atoms with van der Waals surface area (Å²) in [6.45, 7) is 2.69. The van der Waals surface area contributed by atoms with Crippen molar-refractivity contribution in [3.05, 3.63) is 66.4 Å². The van der Waals surface area contributed by atoms with E-state index in [2.05, 4.69) is 28.6 Å². The van der Waals surface area contributed by atoms with Crippen molar-refractivity contribution in [2.24, 2.45) is 11.8 Å². The molecule has 1 amide bonds. The molecule has 1 aromatic heterocycles. The molecule has 2 heterocycles. The molecule has 2 aromatic carbocycles. The van der Waals surface area contributed by atoms with Gasteiger partial charge in [-0.25, -0.2) is 0 Å². The summed E-state index contributed by atoms with van der Waals surface area (Å²) in [5.74, 6) is 1.96. The highest BCUT2D eigenvalue weighted by Crippen LogP contribution is 2.50. The molecule has 1 aliphatic heterocycles. The van der Waals surface area contributed by atoms with E-state index in [-0.39, 0.29) is 18.0 Å². The smallest absolute Gasteiger partial charge is 0.269 e. The van der Waals surface area contributed by atoms with Gasteiger partial charge in [0.15, 0.2) is 6.19 Å².